The Balaban J connectivity index is 1.31. The highest BCUT2D eigenvalue weighted by molar-refractivity contribution is 5.83. The molecule has 1 aromatic heterocycles. The fourth-order valence-electron chi connectivity index (χ4n) is 4.28. The van der Waals surface area contributed by atoms with Gasteiger partial charge in [0, 0.05) is 22.9 Å². The second-order valence-corrected chi connectivity index (χ2v) is 7.60. The van der Waals surface area contributed by atoms with Gasteiger partial charge < -0.3 is 10.1 Å². The smallest absolute Gasteiger partial charge is 0.223 e. The number of aromatic amines is 1. The molecule has 2 aliphatic rings. The number of hydrogen-bond acceptors (Lipinski definition) is 3. The molecule has 0 spiro atoms. The topological polar surface area (TPSA) is 67.0 Å². The number of aromatic nitrogens is 2. The third-order valence-electron chi connectivity index (χ3n) is 5.88. The molecule has 0 aliphatic heterocycles. The molecule has 0 saturated heterocycles. The molecule has 2 saturated carbocycles. The number of hydrogen-bond donors (Lipinski definition) is 2. The average molecular weight is 341 g/mol. The average Bonchev–Trinajstić information content (AvgIpc) is 3.30. The predicted molar refractivity (Wildman–Crippen MR) is 97.6 cm³/mol. The fourth-order valence-corrected chi connectivity index (χ4v) is 4.28. The van der Waals surface area contributed by atoms with Crippen molar-refractivity contribution >= 4 is 16.8 Å². The highest BCUT2D eigenvalue weighted by Gasteiger charge is 2.28. The van der Waals surface area contributed by atoms with Gasteiger partial charge in [-0.3, -0.25) is 9.89 Å². The highest BCUT2D eigenvalue weighted by Crippen LogP contribution is 2.30. The van der Waals surface area contributed by atoms with Gasteiger partial charge in [-0.25, -0.2) is 0 Å². The number of nitrogens with one attached hydrogen (secondary N) is 2. The number of ether oxygens (including phenoxy) is 1. The summed E-state index contributed by atoms with van der Waals surface area (Å²) in [5.74, 6) is 1.49. The Labute approximate surface area is 148 Å². The molecule has 5 heteroatoms. The summed E-state index contributed by atoms with van der Waals surface area (Å²) in [5, 5.41) is 11.5. The summed E-state index contributed by atoms with van der Waals surface area (Å²) in [6, 6.07) is 4.38. The largest absolute Gasteiger partial charge is 0.490 e. The first-order valence-corrected chi connectivity index (χ1v) is 9.60. The summed E-state index contributed by atoms with van der Waals surface area (Å²) in [5.41, 5.74) is 2.19. The molecule has 1 amide bonds. The van der Waals surface area contributed by atoms with Crippen LogP contribution >= 0.6 is 0 Å². The molecule has 0 atom stereocenters. The van der Waals surface area contributed by atoms with Crippen LogP contribution in [0.3, 0.4) is 0 Å². The molecule has 2 fully saturated rings. The van der Waals surface area contributed by atoms with E-state index in [2.05, 4.69) is 22.4 Å². The van der Waals surface area contributed by atoms with E-state index in [0.717, 1.165) is 60.7 Å². The van der Waals surface area contributed by atoms with Gasteiger partial charge in [0.1, 0.15) is 5.75 Å². The third-order valence-corrected chi connectivity index (χ3v) is 5.88. The number of fused-ring (bicyclic) bond motifs is 1. The molecule has 2 aromatic rings. The number of carbonyl (C=O) groups excluding carboxylic acids is 1. The molecule has 0 bridgehead atoms. The maximum absolute atomic E-state index is 12.3. The first kappa shape index (κ1) is 16.4. The van der Waals surface area contributed by atoms with Crippen LogP contribution in [0.4, 0.5) is 0 Å². The molecule has 25 heavy (non-hydrogen) atoms. The van der Waals surface area contributed by atoms with Crippen molar-refractivity contribution in [2.24, 2.45) is 5.92 Å². The minimum atomic E-state index is 0.239. The van der Waals surface area contributed by atoms with Crippen molar-refractivity contribution in [3.63, 3.8) is 0 Å². The SMILES string of the molecule is Cc1c(O[C@H]2CC[C@@H](NC(=O)C3CCCC3)CC2)ccc2[nH]ncc12. The van der Waals surface area contributed by atoms with Crippen LogP contribution in [0.25, 0.3) is 10.9 Å². The zero-order chi connectivity index (χ0) is 17.2. The van der Waals surface area contributed by atoms with Gasteiger partial charge >= 0.3 is 0 Å². The van der Waals surface area contributed by atoms with Gasteiger partial charge in [0.15, 0.2) is 0 Å². The zero-order valence-electron chi connectivity index (χ0n) is 14.9. The summed E-state index contributed by atoms with van der Waals surface area (Å²) in [7, 11) is 0. The minimum Gasteiger partial charge on any atom is -0.490 e. The fraction of sp³-hybridized carbons (Fsp3) is 0.600. The minimum absolute atomic E-state index is 0.239. The zero-order valence-corrected chi connectivity index (χ0v) is 14.9. The lowest BCUT2D eigenvalue weighted by Gasteiger charge is -2.30. The van der Waals surface area contributed by atoms with Gasteiger partial charge in [-0.2, -0.15) is 5.10 Å². The lowest BCUT2D eigenvalue weighted by Crippen LogP contribution is -2.42. The molecule has 2 N–H and O–H groups in total. The first-order valence-electron chi connectivity index (χ1n) is 9.60. The third kappa shape index (κ3) is 3.51. The van der Waals surface area contributed by atoms with Gasteiger partial charge in [0.2, 0.25) is 5.91 Å². The van der Waals surface area contributed by atoms with Crippen LogP contribution < -0.4 is 10.1 Å². The quantitative estimate of drug-likeness (QED) is 0.887. The standard InChI is InChI=1S/C20H27N3O2/c1-13-17-12-21-23-18(17)10-11-19(13)25-16-8-6-15(7-9-16)22-20(24)14-4-2-3-5-14/h10-12,14-16H,2-9H2,1H3,(H,21,23)(H,22,24)/t15-,16+. The first-order chi connectivity index (χ1) is 12.2. The lowest BCUT2D eigenvalue weighted by molar-refractivity contribution is -0.125. The number of nitrogens with zero attached hydrogens (tertiary/aromatic N) is 1. The molecule has 5 nitrogen and oxygen atoms in total. The lowest BCUT2D eigenvalue weighted by atomic mass is 9.92. The van der Waals surface area contributed by atoms with Crippen LogP contribution in [-0.4, -0.2) is 28.3 Å². The van der Waals surface area contributed by atoms with Crippen LogP contribution in [0.1, 0.15) is 56.9 Å². The van der Waals surface area contributed by atoms with E-state index in [4.69, 9.17) is 4.74 Å². The summed E-state index contributed by atoms with van der Waals surface area (Å²) in [6.07, 6.45) is 10.7. The maximum atomic E-state index is 12.3. The van der Waals surface area contributed by atoms with Gasteiger partial charge in [0.05, 0.1) is 17.8 Å². The van der Waals surface area contributed by atoms with Crippen LogP contribution in [0.5, 0.6) is 5.75 Å². The van der Waals surface area contributed by atoms with Crippen LogP contribution in [0.15, 0.2) is 18.3 Å². The second kappa shape index (κ2) is 7.06. The number of aryl methyl sites for hydroxylation is 1. The van der Waals surface area contributed by atoms with Crippen molar-refractivity contribution in [1.82, 2.24) is 15.5 Å². The van der Waals surface area contributed by atoms with E-state index in [9.17, 15) is 4.79 Å². The monoisotopic (exact) mass is 341 g/mol. The molecule has 2 aliphatic carbocycles. The summed E-state index contributed by atoms with van der Waals surface area (Å²) in [4.78, 5) is 12.3. The van der Waals surface area contributed by atoms with Crippen molar-refractivity contribution in [3.8, 4) is 5.75 Å². The highest BCUT2D eigenvalue weighted by atomic mass is 16.5. The Morgan fingerprint density at radius 1 is 1.16 bits per heavy atom. The summed E-state index contributed by atoms with van der Waals surface area (Å²) in [6.45, 7) is 2.08. The van der Waals surface area contributed by atoms with E-state index in [1.807, 2.05) is 18.3 Å². The van der Waals surface area contributed by atoms with Crippen LogP contribution in [-0.2, 0) is 4.79 Å². The van der Waals surface area contributed by atoms with Crippen molar-refractivity contribution in [2.75, 3.05) is 0 Å². The summed E-state index contributed by atoms with van der Waals surface area (Å²) < 4.78 is 6.26. The normalized spacial score (nSPS) is 24.5. The molecular weight excluding hydrogens is 314 g/mol. The molecule has 0 unspecified atom stereocenters. The molecule has 0 radical (unpaired) electrons. The van der Waals surface area contributed by atoms with E-state index >= 15 is 0 Å². The molecular formula is C20H27N3O2. The Morgan fingerprint density at radius 2 is 1.92 bits per heavy atom. The molecule has 134 valence electrons. The molecule has 1 aromatic carbocycles. The van der Waals surface area contributed by atoms with E-state index in [0.29, 0.717) is 6.04 Å². The van der Waals surface area contributed by atoms with Crippen molar-refractivity contribution in [3.05, 3.63) is 23.9 Å². The number of H-pyrrole nitrogens is 1. The van der Waals surface area contributed by atoms with E-state index < -0.39 is 0 Å². The van der Waals surface area contributed by atoms with Gasteiger partial charge in [-0.15, -0.1) is 0 Å². The number of amides is 1. The van der Waals surface area contributed by atoms with Crippen molar-refractivity contribution < 1.29 is 9.53 Å². The summed E-state index contributed by atoms with van der Waals surface area (Å²) >= 11 is 0. The van der Waals surface area contributed by atoms with E-state index in [1.165, 1.54) is 12.8 Å². The Kier molecular flexibility index (Phi) is 4.64. The Bertz CT molecular complexity index is 740. The van der Waals surface area contributed by atoms with Crippen molar-refractivity contribution in [1.29, 1.82) is 0 Å². The Morgan fingerprint density at radius 3 is 2.68 bits per heavy atom. The van der Waals surface area contributed by atoms with Crippen LogP contribution in [0, 0.1) is 12.8 Å². The maximum Gasteiger partial charge on any atom is 0.223 e. The van der Waals surface area contributed by atoms with Crippen LogP contribution in [0.2, 0.25) is 0 Å². The number of rotatable bonds is 4. The number of carbonyl (C=O) groups is 1. The predicted octanol–water partition coefficient (Wildman–Crippen LogP) is 3.87. The van der Waals surface area contributed by atoms with Crippen molar-refractivity contribution in [2.45, 2.75) is 70.4 Å². The van der Waals surface area contributed by atoms with Gasteiger partial charge in [0.25, 0.3) is 0 Å². The Hall–Kier alpha value is -2.04. The number of benzene rings is 1. The molecule has 4 rings (SSSR count). The van der Waals surface area contributed by atoms with Gasteiger partial charge in [-0.1, -0.05) is 12.8 Å². The van der Waals surface area contributed by atoms with E-state index in [1.54, 1.807) is 0 Å². The van der Waals surface area contributed by atoms with Gasteiger partial charge in [-0.05, 0) is 57.6 Å². The molecule has 1 heterocycles. The second-order valence-electron chi connectivity index (χ2n) is 7.60. The van der Waals surface area contributed by atoms with E-state index in [-0.39, 0.29) is 17.9 Å².